The van der Waals surface area contributed by atoms with Crippen LogP contribution >= 0.6 is 0 Å². The van der Waals surface area contributed by atoms with Gasteiger partial charge in [0, 0.05) is 76.4 Å². The third kappa shape index (κ3) is 8.36. The van der Waals surface area contributed by atoms with E-state index in [0.29, 0.717) is 30.9 Å². The van der Waals surface area contributed by atoms with Crippen molar-refractivity contribution in [2.45, 2.75) is 51.5 Å². The van der Waals surface area contributed by atoms with Crippen LogP contribution in [0.4, 0.5) is 28.0 Å². The van der Waals surface area contributed by atoms with Crippen molar-refractivity contribution in [3.8, 4) is 17.1 Å². The van der Waals surface area contributed by atoms with E-state index < -0.39 is 29.4 Å². The number of benzene rings is 2. The van der Waals surface area contributed by atoms with Crippen LogP contribution in [0.2, 0.25) is 0 Å². The van der Waals surface area contributed by atoms with Crippen LogP contribution in [-0.2, 0) is 29.8 Å². The molecule has 0 spiro atoms. The Morgan fingerprint density at radius 2 is 1.61 bits per heavy atom. The maximum Gasteiger partial charge on any atom is 0.401 e. The van der Waals surface area contributed by atoms with Gasteiger partial charge in [0.15, 0.2) is 5.82 Å². The predicted molar refractivity (Wildman–Crippen MR) is 194 cm³/mol. The Morgan fingerprint density at radius 1 is 0.893 bits per heavy atom. The highest BCUT2D eigenvalue weighted by Gasteiger charge is 2.51. The number of urea groups is 1. The van der Waals surface area contributed by atoms with Crippen molar-refractivity contribution in [2.24, 2.45) is 0 Å². The van der Waals surface area contributed by atoms with E-state index in [-0.39, 0.29) is 48.6 Å². The number of hydrogen-bond acceptors (Lipinski definition) is 10. The van der Waals surface area contributed by atoms with E-state index in [1.807, 2.05) is 35.2 Å². The summed E-state index contributed by atoms with van der Waals surface area (Å²) in [5.41, 5.74) is 1.93. The van der Waals surface area contributed by atoms with Gasteiger partial charge in [0.05, 0.1) is 24.0 Å². The van der Waals surface area contributed by atoms with E-state index in [9.17, 15) is 27.6 Å². The Bertz CT molecular complexity index is 2210. The lowest BCUT2D eigenvalue weighted by Crippen LogP contribution is -2.48. The summed E-state index contributed by atoms with van der Waals surface area (Å²) in [5.74, 6) is -1.28. The fourth-order valence-electron chi connectivity index (χ4n) is 6.27. The fourth-order valence-corrected chi connectivity index (χ4v) is 6.27. The molecule has 2 aliphatic rings. The normalized spacial score (nSPS) is 15.6. The lowest BCUT2D eigenvalue weighted by Gasteiger charge is -2.36. The number of hydrogen-bond donors (Lipinski definition) is 3. The van der Waals surface area contributed by atoms with Crippen LogP contribution in [0, 0.1) is 5.82 Å². The van der Waals surface area contributed by atoms with Crippen molar-refractivity contribution in [2.75, 3.05) is 37.6 Å². The molecule has 3 N–H and O–H groups in total. The summed E-state index contributed by atoms with van der Waals surface area (Å²) in [6.07, 6.45) is 1.76. The number of piperazine rings is 1. The van der Waals surface area contributed by atoms with Crippen molar-refractivity contribution in [3.63, 3.8) is 0 Å². The Labute approximate surface area is 318 Å². The Kier molecular flexibility index (Phi) is 10.5. The molecule has 3 aromatic heterocycles. The number of rotatable bonds is 11. The van der Waals surface area contributed by atoms with Crippen molar-refractivity contribution >= 4 is 23.5 Å². The summed E-state index contributed by atoms with van der Waals surface area (Å²) in [4.78, 5) is 54.7. The average Bonchev–Trinajstić information content (AvgIpc) is 3.87. The molecule has 15 nitrogen and oxygen atoms in total. The molecule has 0 radical (unpaired) electrons. The molecule has 0 bridgehead atoms. The van der Waals surface area contributed by atoms with Crippen molar-refractivity contribution in [1.29, 1.82) is 0 Å². The first kappa shape index (κ1) is 38.1. The number of H-pyrrole nitrogens is 1. The van der Waals surface area contributed by atoms with Crippen LogP contribution < -0.4 is 15.5 Å². The van der Waals surface area contributed by atoms with Gasteiger partial charge >= 0.3 is 12.2 Å². The minimum absolute atomic E-state index is 0.0745. The van der Waals surface area contributed by atoms with E-state index in [0.717, 1.165) is 50.2 Å². The summed E-state index contributed by atoms with van der Waals surface area (Å²) in [6.45, 7) is 5.89. The Morgan fingerprint density at radius 3 is 2.29 bits per heavy atom. The zero-order valence-electron chi connectivity index (χ0n) is 30.5. The van der Waals surface area contributed by atoms with Crippen molar-refractivity contribution in [3.05, 3.63) is 101 Å². The molecule has 0 unspecified atom stereocenters. The monoisotopic (exact) mass is 774 g/mol. The molecule has 2 aromatic carbocycles. The van der Waals surface area contributed by atoms with Crippen LogP contribution in [0.25, 0.3) is 17.1 Å². The molecule has 0 aliphatic carbocycles. The third-order valence-electron chi connectivity index (χ3n) is 9.84. The summed E-state index contributed by atoms with van der Waals surface area (Å²) >= 11 is 0. The molecule has 2 fully saturated rings. The van der Waals surface area contributed by atoms with Crippen LogP contribution in [0.1, 0.15) is 53.4 Å². The maximum atomic E-state index is 15.2. The van der Waals surface area contributed by atoms with Crippen LogP contribution in [-0.4, -0.2) is 101 Å². The second-order valence-electron chi connectivity index (χ2n) is 14.1. The number of halogens is 4. The smallest absolute Gasteiger partial charge is 0.367 e. The molecular weight excluding hydrogens is 736 g/mol. The maximum absolute atomic E-state index is 15.2. The molecule has 2 saturated heterocycles. The number of nitrogens with one attached hydrogen (secondary N) is 3. The first-order chi connectivity index (χ1) is 26.7. The molecule has 292 valence electrons. The Hall–Kier alpha value is -6.24. The molecule has 0 atom stereocenters. The molecule has 5 heterocycles. The minimum atomic E-state index is -4.54. The SMILES string of the molecule is CC(C)(c1n[nH]c(CNC(=O)c2cnn(-c3ncc(-c4ccc(CN5CCN(c6ccc(CN7CCC(=O)NC7=O)cc6F)CC5)cc4)cn3)c2)n1)C(F)(F)F. The molecular formula is C37H38F4N12O3. The van der Waals surface area contributed by atoms with Gasteiger partial charge in [0.1, 0.15) is 17.1 Å². The average molecular weight is 775 g/mol. The van der Waals surface area contributed by atoms with Gasteiger partial charge in [0.25, 0.3) is 5.91 Å². The minimum Gasteiger partial charge on any atom is -0.367 e. The van der Waals surface area contributed by atoms with E-state index >= 15 is 4.39 Å². The van der Waals surface area contributed by atoms with Gasteiger partial charge in [-0.15, -0.1) is 0 Å². The number of alkyl halides is 3. The number of nitrogens with zero attached hydrogens (tertiary/aromatic N) is 9. The molecule has 7 rings (SSSR count). The summed E-state index contributed by atoms with van der Waals surface area (Å²) < 4.78 is 56.4. The highest BCUT2D eigenvalue weighted by molar-refractivity contribution is 5.96. The number of imide groups is 1. The second-order valence-corrected chi connectivity index (χ2v) is 14.1. The van der Waals surface area contributed by atoms with Crippen molar-refractivity contribution < 1.29 is 31.9 Å². The van der Waals surface area contributed by atoms with Gasteiger partial charge in [-0.3, -0.25) is 24.9 Å². The highest BCUT2D eigenvalue weighted by Crippen LogP contribution is 2.38. The molecule has 19 heteroatoms. The molecule has 56 heavy (non-hydrogen) atoms. The van der Waals surface area contributed by atoms with Gasteiger partial charge < -0.3 is 15.1 Å². The van der Waals surface area contributed by atoms with Gasteiger partial charge in [-0.1, -0.05) is 30.3 Å². The van der Waals surface area contributed by atoms with Crippen LogP contribution in [0.5, 0.6) is 0 Å². The predicted octanol–water partition coefficient (Wildman–Crippen LogP) is 4.12. The highest BCUT2D eigenvalue weighted by atomic mass is 19.4. The zero-order valence-corrected chi connectivity index (χ0v) is 30.5. The lowest BCUT2D eigenvalue weighted by atomic mass is 9.92. The standard InChI is InChI=1S/C37H38F4N12O3/c1-36(2,37(39,40)41)33-46-30(48-49-33)19-42-32(55)27-18-45-53(22-27)34-43-16-26(17-44-34)25-6-3-23(4-7-25)20-50-11-13-51(14-12-50)29-8-5-24(15-28(29)38)21-52-10-9-31(54)47-35(52)56/h3-8,15-18,22H,9-14,19-21H2,1-2H3,(H,42,55)(H,46,48,49)(H,47,54,56). The van der Waals surface area contributed by atoms with E-state index in [2.05, 4.69) is 45.8 Å². The topological polar surface area (TPSA) is 170 Å². The molecule has 4 amide bonds. The quantitative estimate of drug-likeness (QED) is 0.166. The first-order valence-electron chi connectivity index (χ1n) is 17.8. The van der Waals surface area contributed by atoms with Gasteiger partial charge in [-0.25, -0.2) is 28.8 Å². The van der Waals surface area contributed by atoms with Gasteiger partial charge in [-0.05, 0) is 42.7 Å². The van der Waals surface area contributed by atoms with Gasteiger partial charge in [-0.2, -0.15) is 23.4 Å². The fraction of sp³-hybridized carbons (Fsp3) is 0.351. The Balaban J connectivity index is 0.878. The van der Waals surface area contributed by atoms with Crippen LogP contribution in [0.3, 0.4) is 0 Å². The number of amides is 4. The molecule has 5 aromatic rings. The first-order valence-corrected chi connectivity index (χ1v) is 17.8. The number of carbonyl (C=O) groups excluding carboxylic acids is 3. The molecule has 2 aliphatic heterocycles. The van der Waals surface area contributed by atoms with Gasteiger partial charge in [0.2, 0.25) is 11.9 Å². The largest absolute Gasteiger partial charge is 0.401 e. The lowest BCUT2D eigenvalue weighted by molar-refractivity contribution is -0.182. The third-order valence-corrected chi connectivity index (χ3v) is 9.84. The number of aromatic amines is 1. The number of aromatic nitrogens is 7. The van der Waals surface area contributed by atoms with E-state index in [1.165, 1.54) is 28.0 Å². The van der Waals surface area contributed by atoms with Crippen LogP contribution in [0.15, 0.2) is 67.3 Å². The molecule has 0 saturated carbocycles. The summed E-state index contributed by atoms with van der Waals surface area (Å²) in [7, 11) is 0. The summed E-state index contributed by atoms with van der Waals surface area (Å²) in [6, 6.07) is 12.6. The second kappa shape index (κ2) is 15.5. The van der Waals surface area contributed by atoms with Crippen molar-refractivity contribution in [1.82, 2.24) is 55.4 Å². The number of anilines is 1. The van der Waals surface area contributed by atoms with E-state index in [1.54, 1.807) is 18.5 Å². The van der Waals surface area contributed by atoms with E-state index in [4.69, 9.17) is 0 Å². The summed E-state index contributed by atoms with van der Waals surface area (Å²) in [5, 5.41) is 15.1. The number of carbonyl (C=O) groups is 3. The zero-order chi connectivity index (χ0) is 39.6.